The van der Waals surface area contributed by atoms with E-state index in [1.165, 1.54) is 7.11 Å². The molecule has 1 amide bonds. The van der Waals surface area contributed by atoms with Crippen molar-refractivity contribution in [3.05, 3.63) is 24.3 Å². The second kappa shape index (κ2) is 6.41. The number of hydrogen-bond acceptors (Lipinski definition) is 4. The summed E-state index contributed by atoms with van der Waals surface area (Å²) in [6.45, 7) is 2.80. The molecule has 0 N–H and O–H groups in total. The van der Waals surface area contributed by atoms with Crippen LogP contribution in [0.2, 0.25) is 0 Å². The summed E-state index contributed by atoms with van der Waals surface area (Å²) in [4.78, 5) is 24.7. The lowest BCUT2D eigenvalue weighted by molar-refractivity contribution is -0.145. The van der Waals surface area contributed by atoms with Gasteiger partial charge in [-0.3, -0.25) is 9.59 Å². The molecule has 0 spiro atoms. The number of ether oxygens (including phenoxy) is 2. The van der Waals surface area contributed by atoms with Gasteiger partial charge in [0.25, 0.3) is 0 Å². The number of anilines is 1. The van der Waals surface area contributed by atoms with Gasteiger partial charge in [0.2, 0.25) is 5.91 Å². The van der Waals surface area contributed by atoms with Crippen molar-refractivity contribution in [2.75, 3.05) is 25.2 Å². The lowest BCUT2D eigenvalue weighted by atomic mass is 10.2. The Morgan fingerprint density at radius 1 is 1.35 bits per heavy atom. The van der Waals surface area contributed by atoms with Gasteiger partial charge in [-0.15, -0.1) is 0 Å². The van der Waals surface area contributed by atoms with E-state index < -0.39 is 0 Å². The third kappa shape index (κ3) is 3.29. The molecule has 1 saturated heterocycles. The van der Waals surface area contributed by atoms with Crippen LogP contribution in [0.1, 0.15) is 19.8 Å². The normalized spacial score (nSPS) is 16.1. The van der Waals surface area contributed by atoms with E-state index in [9.17, 15) is 9.59 Å². The summed E-state index contributed by atoms with van der Waals surface area (Å²) < 4.78 is 10.2. The summed E-state index contributed by atoms with van der Waals surface area (Å²) in [5, 5.41) is 0. The predicted molar refractivity (Wildman–Crippen MR) is 74.7 cm³/mol. The van der Waals surface area contributed by atoms with Gasteiger partial charge in [-0.05, 0) is 37.6 Å². The Kier molecular flexibility index (Phi) is 4.61. The zero-order valence-electron chi connectivity index (χ0n) is 11.8. The first-order valence-corrected chi connectivity index (χ1v) is 6.73. The highest BCUT2D eigenvalue weighted by atomic mass is 16.5. The minimum atomic E-state index is -0.306. The van der Waals surface area contributed by atoms with Crippen molar-refractivity contribution < 1.29 is 19.1 Å². The van der Waals surface area contributed by atoms with Crippen molar-refractivity contribution in [2.45, 2.75) is 19.8 Å². The third-order valence-electron chi connectivity index (χ3n) is 3.33. The Morgan fingerprint density at radius 2 is 2.05 bits per heavy atom. The van der Waals surface area contributed by atoms with Crippen LogP contribution in [0.4, 0.5) is 5.69 Å². The number of benzene rings is 1. The molecule has 1 aliphatic rings. The Labute approximate surface area is 118 Å². The first-order chi connectivity index (χ1) is 9.61. The number of esters is 1. The maximum absolute atomic E-state index is 11.6. The number of carbonyl (C=O) groups is 2. The van der Waals surface area contributed by atoms with Crippen LogP contribution in [0.25, 0.3) is 0 Å². The summed E-state index contributed by atoms with van der Waals surface area (Å²) in [5.41, 5.74) is 0.890. The molecule has 1 fully saturated rings. The number of amides is 1. The van der Waals surface area contributed by atoms with Crippen molar-refractivity contribution >= 4 is 17.6 Å². The van der Waals surface area contributed by atoms with Gasteiger partial charge in [-0.25, -0.2) is 0 Å². The molecule has 1 aromatic rings. The zero-order chi connectivity index (χ0) is 14.5. The molecule has 0 aromatic heterocycles. The van der Waals surface area contributed by atoms with Gasteiger partial charge in [-0.1, -0.05) is 0 Å². The molecule has 20 heavy (non-hydrogen) atoms. The monoisotopic (exact) mass is 277 g/mol. The zero-order valence-corrected chi connectivity index (χ0v) is 11.8. The molecule has 1 aromatic carbocycles. The summed E-state index contributed by atoms with van der Waals surface area (Å²) in [6, 6.07) is 7.35. The van der Waals surface area contributed by atoms with Crippen molar-refractivity contribution in [3.8, 4) is 5.75 Å². The van der Waals surface area contributed by atoms with Crippen LogP contribution < -0.4 is 9.64 Å². The molecule has 0 radical (unpaired) electrons. The lowest BCUT2D eigenvalue weighted by Crippen LogP contribution is -2.23. The molecule has 0 saturated carbocycles. The molecule has 5 nitrogen and oxygen atoms in total. The highest BCUT2D eigenvalue weighted by Crippen LogP contribution is 2.24. The van der Waals surface area contributed by atoms with Crippen molar-refractivity contribution in [3.63, 3.8) is 0 Å². The maximum Gasteiger partial charge on any atom is 0.311 e. The number of hydrogen-bond donors (Lipinski definition) is 0. The van der Waals surface area contributed by atoms with Crippen molar-refractivity contribution in [2.24, 2.45) is 5.92 Å². The first-order valence-electron chi connectivity index (χ1n) is 6.73. The highest BCUT2D eigenvalue weighted by molar-refractivity contribution is 5.95. The molecular weight excluding hydrogens is 258 g/mol. The van der Waals surface area contributed by atoms with E-state index in [2.05, 4.69) is 4.74 Å². The average Bonchev–Trinajstić information content (AvgIpc) is 2.90. The SMILES string of the molecule is COC(=O)C(C)COc1ccc(N2CCCC2=O)cc1. The second-order valence-electron chi connectivity index (χ2n) is 4.88. The minimum absolute atomic E-state index is 0.165. The second-order valence-corrected chi connectivity index (χ2v) is 4.88. The van der Waals surface area contributed by atoms with E-state index in [1.807, 2.05) is 24.3 Å². The average molecular weight is 277 g/mol. The van der Waals surface area contributed by atoms with Crippen LogP contribution in [0.15, 0.2) is 24.3 Å². The Bertz CT molecular complexity index is 483. The van der Waals surface area contributed by atoms with E-state index >= 15 is 0 Å². The fourth-order valence-electron chi connectivity index (χ4n) is 2.13. The van der Waals surface area contributed by atoms with E-state index in [-0.39, 0.29) is 24.4 Å². The van der Waals surface area contributed by atoms with Crippen molar-refractivity contribution in [1.82, 2.24) is 0 Å². The molecule has 0 bridgehead atoms. The largest absolute Gasteiger partial charge is 0.493 e. The molecule has 108 valence electrons. The van der Waals surface area contributed by atoms with Crippen LogP contribution in [0.3, 0.4) is 0 Å². The molecule has 1 aliphatic heterocycles. The number of methoxy groups -OCH3 is 1. The van der Waals surface area contributed by atoms with Crippen LogP contribution in [0.5, 0.6) is 5.75 Å². The van der Waals surface area contributed by atoms with Gasteiger partial charge in [0.05, 0.1) is 13.0 Å². The molecule has 2 rings (SSSR count). The van der Waals surface area contributed by atoms with E-state index in [4.69, 9.17) is 4.74 Å². The van der Waals surface area contributed by atoms with Gasteiger partial charge in [0.1, 0.15) is 12.4 Å². The molecule has 1 unspecified atom stereocenters. The minimum Gasteiger partial charge on any atom is -0.493 e. The maximum atomic E-state index is 11.6. The predicted octanol–water partition coefficient (Wildman–Crippen LogP) is 2.00. The van der Waals surface area contributed by atoms with Gasteiger partial charge in [0, 0.05) is 18.7 Å². The van der Waals surface area contributed by atoms with E-state index in [0.717, 1.165) is 18.7 Å². The third-order valence-corrected chi connectivity index (χ3v) is 3.33. The quantitative estimate of drug-likeness (QED) is 0.772. The van der Waals surface area contributed by atoms with Crippen LogP contribution in [-0.4, -0.2) is 32.1 Å². The lowest BCUT2D eigenvalue weighted by Gasteiger charge is -2.16. The van der Waals surface area contributed by atoms with Gasteiger partial charge >= 0.3 is 5.97 Å². The first kappa shape index (κ1) is 14.4. The summed E-state index contributed by atoms with van der Waals surface area (Å²) in [6.07, 6.45) is 1.53. The summed E-state index contributed by atoms with van der Waals surface area (Å²) in [7, 11) is 1.36. The van der Waals surface area contributed by atoms with Crippen LogP contribution >= 0.6 is 0 Å². The van der Waals surface area contributed by atoms with Gasteiger partial charge in [-0.2, -0.15) is 0 Å². The molecule has 0 aliphatic carbocycles. The molecule has 1 heterocycles. The summed E-state index contributed by atoms with van der Waals surface area (Å²) >= 11 is 0. The van der Waals surface area contributed by atoms with E-state index in [1.54, 1.807) is 11.8 Å². The topological polar surface area (TPSA) is 55.8 Å². The smallest absolute Gasteiger partial charge is 0.311 e. The fraction of sp³-hybridized carbons (Fsp3) is 0.467. The fourth-order valence-corrected chi connectivity index (χ4v) is 2.13. The van der Waals surface area contributed by atoms with Crippen LogP contribution in [0, 0.1) is 5.92 Å². The number of carbonyl (C=O) groups excluding carboxylic acids is 2. The summed E-state index contributed by atoms with van der Waals surface area (Å²) in [5.74, 6) is 0.248. The number of nitrogens with zero attached hydrogens (tertiary/aromatic N) is 1. The Hall–Kier alpha value is -2.04. The van der Waals surface area contributed by atoms with Crippen molar-refractivity contribution in [1.29, 1.82) is 0 Å². The molecule has 1 atom stereocenters. The Balaban J connectivity index is 1.91. The van der Waals surface area contributed by atoms with Gasteiger partial charge < -0.3 is 14.4 Å². The Morgan fingerprint density at radius 3 is 2.60 bits per heavy atom. The molecule has 5 heteroatoms. The van der Waals surface area contributed by atoms with E-state index in [0.29, 0.717) is 12.2 Å². The van der Waals surface area contributed by atoms with Gasteiger partial charge in [0.15, 0.2) is 0 Å². The number of rotatable bonds is 5. The standard InChI is InChI=1S/C15H19NO4/c1-11(15(18)19-2)10-20-13-7-5-12(6-8-13)16-9-3-4-14(16)17/h5-8,11H,3-4,9-10H2,1-2H3. The molecular formula is C15H19NO4. The highest BCUT2D eigenvalue weighted by Gasteiger charge is 2.21. The van der Waals surface area contributed by atoms with Crippen LogP contribution in [-0.2, 0) is 14.3 Å².